The summed E-state index contributed by atoms with van der Waals surface area (Å²) in [5.74, 6) is 2.06. The molecule has 102 valence electrons. The molecule has 0 radical (unpaired) electrons. The SMILES string of the molecule is C1CCC2(C1)CC(NC(C1CC1)C1CC1)CCO2. The van der Waals surface area contributed by atoms with E-state index in [4.69, 9.17) is 4.74 Å². The van der Waals surface area contributed by atoms with Crippen molar-refractivity contribution in [2.45, 2.75) is 81.9 Å². The molecule has 0 aromatic heterocycles. The molecular weight excluding hydrogens is 222 g/mol. The summed E-state index contributed by atoms with van der Waals surface area (Å²) in [7, 11) is 0. The Labute approximate surface area is 111 Å². The van der Waals surface area contributed by atoms with Crippen molar-refractivity contribution in [2.75, 3.05) is 6.61 Å². The van der Waals surface area contributed by atoms with Gasteiger partial charge < -0.3 is 10.1 Å². The molecule has 0 aromatic carbocycles. The van der Waals surface area contributed by atoms with Crippen LogP contribution in [0.4, 0.5) is 0 Å². The Kier molecular flexibility index (Phi) is 2.92. The Morgan fingerprint density at radius 2 is 1.61 bits per heavy atom. The van der Waals surface area contributed by atoms with Crippen LogP contribution in [0.25, 0.3) is 0 Å². The Morgan fingerprint density at radius 3 is 2.22 bits per heavy atom. The van der Waals surface area contributed by atoms with E-state index in [2.05, 4.69) is 5.32 Å². The minimum atomic E-state index is 0.285. The van der Waals surface area contributed by atoms with Gasteiger partial charge in [0.25, 0.3) is 0 Å². The third-order valence-corrected chi connectivity index (χ3v) is 5.70. The zero-order valence-electron chi connectivity index (χ0n) is 11.5. The highest BCUT2D eigenvalue weighted by atomic mass is 16.5. The van der Waals surface area contributed by atoms with E-state index in [-0.39, 0.29) is 5.60 Å². The lowest BCUT2D eigenvalue weighted by Crippen LogP contribution is -2.49. The number of hydrogen-bond acceptors (Lipinski definition) is 2. The maximum atomic E-state index is 6.15. The molecule has 1 atom stereocenters. The van der Waals surface area contributed by atoms with Crippen LogP contribution in [0.5, 0.6) is 0 Å². The molecule has 1 saturated heterocycles. The number of rotatable bonds is 4. The monoisotopic (exact) mass is 249 g/mol. The van der Waals surface area contributed by atoms with Gasteiger partial charge in [0.05, 0.1) is 5.60 Å². The van der Waals surface area contributed by atoms with Crippen LogP contribution in [0.1, 0.15) is 64.2 Å². The first-order chi connectivity index (χ1) is 8.85. The van der Waals surface area contributed by atoms with E-state index >= 15 is 0 Å². The van der Waals surface area contributed by atoms with Gasteiger partial charge in [-0.2, -0.15) is 0 Å². The molecule has 1 N–H and O–H groups in total. The average molecular weight is 249 g/mol. The molecule has 0 amide bonds. The van der Waals surface area contributed by atoms with Crippen LogP contribution in [0.2, 0.25) is 0 Å². The van der Waals surface area contributed by atoms with Crippen LogP contribution < -0.4 is 5.32 Å². The molecule has 2 nitrogen and oxygen atoms in total. The summed E-state index contributed by atoms with van der Waals surface area (Å²) in [5, 5.41) is 4.05. The number of ether oxygens (including phenoxy) is 1. The molecule has 3 saturated carbocycles. The van der Waals surface area contributed by atoms with Gasteiger partial charge in [0.15, 0.2) is 0 Å². The van der Waals surface area contributed by atoms with Crippen molar-refractivity contribution in [1.29, 1.82) is 0 Å². The molecule has 1 aliphatic heterocycles. The Hall–Kier alpha value is -0.0800. The predicted octanol–water partition coefficient (Wildman–Crippen LogP) is 3.26. The van der Waals surface area contributed by atoms with Crippen molar-refractivity contribution in [3.05, 3.63) is 0 Å². The second-order valence-corrected chi connectivity index (χ2v) is 7.30. The zero-order chi connectivity index (χ0) is 12.0. The Morgan fingerprint density at radius 1 is 0.944 bits per heavy atom. The van der Waals surface area contributed by atoms with Gasteiger partial charge in [-0.3, -0.25) is 0 Å². The standard InChI is InChI=1S/C16H27NO/c1-2-9-16(8-1)11-14(7-10-18-16)17-15(12-3-4-12)13-5-6-13/h12-15,17H,1-11H2. The molecule has 0 aromatic rings. The van der Waals surface area contributed by atoms with E-state index in [1.807, 2.05) is 0 Å². The molecule has 2 heteroatoms. The smallest absolute Gasteiger partial charge is 0.0697 e. The van der Waals surface area contributed by atoms with E-state index in [0.29, 0.717) is 0 Å². The molecular formula is C16H27NO. The quantitative estimate of drug-likeness (QED) is 0.826. The van der Waals surface area contributed by atoms with Crippen LogP contribution >= 0.6 is 0 Å². The first-order valence-corrected chi connectivity index (χ1v) is 8.25. The molecule has 4 rings (SSSR count). The fraction of sp³-hybridized carbons (Fsp3) is 1.00. The third-order valence-electron chi connectivity index (χ3n) is 5.70. The van der Waals surface area contributed by atoms with Gasteiger partial charge in [-0.1, -0.05) is 12.8 Å². The van der Waals surface area contributed by atoms with Gasteiger partial charge in [-0.15, -0.1) is 0 Å². The summed E-state index contributed by atoms with van der Waals surface area (Å²) in [6, 6.07) is 1.62. The lowest BCUT2D eigenvalue weighted by Gasteiger charge is -2.40. The van der Waals surface area contributed by atoms with E-state index < -0.39 is 0 Å². The molecule has 18 heavy (non-hydrogen) atoms. The normalized spacial score (nSPS) is 35.5. The van der Waals surface area contributed by atoms with E-state index in [9.17, 15) is 0 Å². The fourth-order valence-electron chi connectivity index (χ4n) is 4.38. The van der Waals surface area contributed by atoms with Crippen molar-refractivity contribution < 1.29 is 4.74 Å². The second kappa shape index (κ2) is 4.49. The maximum Gasteiger partial charge on any atom is 0.0697 e. The minimum absolute atomic E-state index is 0.285. The first kappa shape index (κ1) is 11.7. The van der Waals surface area contributed by atoms with Crippen molar-refractivity contribution >= 4 is 0 Å². The summed E-state index contributed by atoms with van der Waals surface area (Å²) >= 11 is 0. The number of nitrogens with one attached hydrogen (secondary N) is 1. The summed E-state index contributed by atoms with van der Waals surface area (Å²) in [6.45, 7) is 1.000. The average Bonchev–Trinajstić information content (AvgIpc) is 3.28. The molecule has 1 heterocycles. The minimum Gasteiger partial charge on any atom is -0.375 e. The summed E-state index contributed by atoms with van der Waals surface area (Å²) in [5.41, 5.74) is 0.285. The number of hydrogen-bond donors (Lipinski definition) is 1. The van der Waals surface area contributed by atoms with Crippen LogP contribution in [-0.2, 0) is 4.74 Å². The van der Waals surface area contributed by atoms with Crippen molar-refractivity contribution in [3.8, 4) is 0 Å². The van der Waals surface area contributed by atoms with E-state index in [0.717, 1.165) is 30.5 Å². The molecule has 1 spiro atoms. The summed E-state index contributed by atoms with van der Waals surface area (Å²) in [4.78, 5) is 0. The van der Waals surface area contributed by atoms with Gasteiger partial charge in [-0.25, -0.2) is 0 Å². The van der Waals surface area contributed by atoms with Crippen molar-refractivity contribution in [1.82, 2.24) is 5.32 Å². The van der Waals surface area contributed by atoms with Crippen molar-refractivity contribution in [3.63, 3.8) is 0 Å². The molecule has 3 aliphatic carbocycles. The second-order valence-electron chi connectivity index (χ2n) is 7.30. The maximum absolute atomic E-state index is 6.15. The van der Waals surface area contributed by atoms with E-state index in [1.54, 1.807) is 0 Å². The zero-order valence-corrected chi connectivity index (χ0v) is 11.5. The third kappa shape index (κ3) is 2.34. The largest absolute Gasteiger partial charge is 0.375 e. The van der Waals surface area contributed by atoms with Gasteiger partial charge in [-0.05, 0) is 63.2 Å². The van der Waals surface area contributed by atoms with Gasteiger partial charge >= 0.3 is 0 Å². The Bertz CT molecular complexity index is 290. The molecule has 4 aliphatic rings. The highest BCUT2D eigenvalue weighted by Gasteiger charge is 2.45. The Balaban J connectivity index is 1.38. The molecule has 0 bridgehead atoms. The van der Waals surface area contributed by atoms with Gasteiger partial charge in [0, 0.05) is 18.7 Å². The predicted molar refractivity (Wildman–Crippen MR) is 72.5 cm³/mol. The molecule has 4 fully saturated rings. The van der Waals surface area contributed by atoms with E-state index in [1.165, 1.54) is 64.2 Å². The van der Waals surface area contributed by atoms with Crippen LogP contribution in [-0.4, -0.2) is 24.3 Å². The highest BCUT2D eigenvalue weighted by molar-refractivity contribution is 5.00. The highest BCUT2D eigenvalue weighted by Crippen LogP contribution is 2.46. The summed E-state index contributed by atoms with van der Waals surface area (Å²) < 4.78 is 6.15. The van der Waals surface area contributed by atoms with Crippen LogP contribution in [0.15, 0.2) is 0 Å². The van der Waals surface area contributed by atoms with Crippen LogP contribution in [0.3, 0.4) is 0 Å². The van der Waals surface area contributed by atoms with Gasteiger partial charge in [0.1, 0.15) is 0 Å². The summed E-state index contributed by atoms with van der Waals surface area (Å²) in [6.07, 6.45) is 13.9. The lowest BCUT2D eigenvalue weighted by molar-refractivity contribution is -0.0852. The van der Waals surface area contributed by atoms with Crippen molar-refractivity contribution in [2.24, 2.45) is 11.8 Å². The van der Waals surface area contributed by atoms with Crippen LogP contribution in [0, 0.1) is 11.8 Å². The first-order valence-electron chi connectivity index (χ1n) is 8.25. The topological polar surface area (TPSA) is 21.3 Å². The lowest BCUT2D eigenvalue weighted by atomic mass is 9.88. The molecule has 1 unspecified atom stereocenters. The fourth-order valence-corrected chi connectivity index (χ4v) is 4.38. The van der Waals surface area contributed by atoms with Gasteiger partial charge in [0.2, 0.25) is 0 Å².